The van der Waals surface area contributed by atoms with E-state index in [0.29, 0.717) is 25.1 Å². The summed E-state index contributed by atoms with van der Waals surface area (Å²) in [5, 5.41) is 32.4. The number of hydrogen-bond donors (Lipinski definition) is 6. The molecule has 1 aromatic rings. The molecule has 12 nitrogen and oxygen atoms in total. The molecule has 0 bridgehead atoms. The lowest BCUT2D eigenvalue weighted by Gasteiger charge is -2.43. The molecule has 4 rings (SSSR count). The number of aromatic carboxylic acids is 1. The number of carboxylic acid groups (broad SMARTS) is 1. The fourth-order valence-corrected chi connectivity index (χ4v) is 4.44. The molecule has 0 spiro atoms. The lowest BCUT2D eigenvalue weighted by atomic mass is 9.68. The van der Waals surface area contributed by atoms with Crippen molar-refractivity contribution in [3.05, 3.63) is 23.3 Å². The van der Waals surface area contributed by atoms with Crippen LogP contribution < -0.4 is 26.2 Å². The Kier molecular flexibility index (Phi) is 5.42. The smallest absolute Gasteiger partial charge is 0.434 e. The van der Waals surface area contributed by atoms with Crippen molar-refractivity contribution in [2.24, 2.45) is 5.73 Å². The number of rotatable bonds is 8. The molecule has 2 aliphatic heterocycles. The molecule has 1 aliphatic carbocycles. The fraction of sp³-hybridized carbons (Fsp3) is 0.526. The maximum Gasteiger partial charge on any atom is 0.434 e. The van der Waals surface area contributed by atoms with Crippen molar-refractivity contribution >= 4 is 24.5 Å². The number of carbonyl (C=O) groups excluding carboxylic acids is 2. The second-order valence-electron chi connectivity index (χ2n) is 9.12. The number of quaternary nitrogens is 1. The summed E-state index contributed by atoms with van der Waals surface area (Å²) in [5.41, 5.74) is 8.43. The fourth-order valence-electron chi connectivity index (χ4n) is 4.44. The highest BCUT2D eigenvalue weighted by Crippen LogP contribution is 2.63. The van der Waals surface area contributed by atoms with Crippen LogP contribution in [-0.4, -0.2) is 82.4 Å². The van der Waals surface area contributed by atoms with E-state index in [0.717, 1.165) is 0 Å². The summed E-state index contributed by atoms with van der Waals surface area (Å²) in [6.07, 6.45) is 0.188. The predicted octanol–water partition coefficient (Wildman–Crippen LogP) is -2.78. The molecule has 3 aliphatic rings. The van der Waals surface area contributed by atoms with E-state index in [1.807, 2.05) is 4.90 Å². The third-order valence-corrected chi connectivity index (χ3v) is 6.19. The Bertz CT molecular complexity index is 978. The summed E-state index contributed by atoms with van der Waals surface area (Å²) < 4.78 is 11.2. The minimum Gasteiger partial charge on any atom is -0.669 e. The van der Waals surface area contributed by atoms with Crippen molar-refractivity contribution in [3.63, 3.8) is 0 Å². The van der Waals surface area contributed by atoms with Gasteiger partial charge in [0.15, 0.2) is 0 Å². The van der Waals surface area contributed by atoms with Crippen LogP contribution in [0, 0.1) is 0 Å². The first-order valence-electron chi connectivity index (χ1n) is 10.4. The Morgan fingerprint density at radius 2 is 2.06 bits per heavy atom. The second kappa shape index (κ2) is 7.71. The number of carbonyl (C=O) groups is 3. The van der Waals surface area contributed by atoms with Crippen LogP contribution in [0.2, 0.25) is 5.82 Å². The highest BCUT2D eigenvalue weighted by atomic mass is 16.6. The van der Waals surface area contributed by atoms with Crippen LogP contribution in [0.5, 0.6) is 11.5 Å². The zero-order valence-corrected chi connectivity index (χ0v) is 17.6. The van der Waals surface area contributed by atoms with E-state index >= 15 is 0 Å². The first-order chi connectivity index (χ1) is 14.9. The molecule has 1 saturated carbocycles. The highest BCUT2D eigenvalue weighted by molar-refractivity contribution is 6.62. The van der Waals surface area contributed by atoms with Gasteiger partial charge in [0.05, 0.1) is 5.75 Å². The van der Waals surface area contributed by atoms with Gasteiger partial charge in [-0.1, -0.05) is 18.3 Å². The van der Waals surface area contributed by atoms with Gasteiger partial charge in [-0.3, -0.25) is 15.4 Å². The number of ether oxygens (including phenoxy) is 1. The molecule has 0 aromatic heterocycles. The van der Waals surface area contributed by atoms with E-state index in [1.54, 1.807) is 19.1 Å². The minimum atomic E-state index is -3.11. The third-order valence-electron chi connectivity index (χ3n) is 6.19. The Morgan fingerprint density at radius 1 is 1.38 bits per heavy atom. The summed E-state index contributed by atoms with van der Waals surface area (Å²) in [7, 11) is 0. The normalized spacial score (nSPS) is 25.3. The average Bonchev–Trinajstić information content (AvgIpc) is 3.45. The number of fused-ring (bicyclic) bond motifs is 3. The second-order valence-corrected chi connectivity index (χ2v) is 9.12. The SMILES string of the molecule is CC(N)(CN1CC(Oc2ccc3c(c2C(=O)O)O[B-](O)(O)[C@@H]2C[C@H]32)C1)C(=O)NCC([NH3+])=O. The molecule has 2 amide bonds. The lowest BCUT2D eigenvalue weighted by Crippen LogP contribution is -2.66. The Balaban J connectivity index is 1.40. The first kappa shape index (κ1) is 22.5. The maximum atomic E-state index is 12.2. The lowest BCUT2D eigenvalue weighted by molar-refractivity contribution is -0.304. The van der Waals surface area contributed by atoms with E-state index in [1.165, 1.54) is 0 Å². The standard InChI is InChI=1S/C19H26BN4O8/c1-19(22,18(28)23-5-14(21)25)8-24-6-9(7-24)31-13-3-2-10-11-4-12(11)20(29,30)32-16(10)15(13)17(26)27/h2-3,9,11-12,29-30H,4-8,22H2,1H3,(H2,21,25)(H,23,28)(H,26,27)/q-1/p+1/t11-,12-,19?/m1/s1. The summed E-state index contributed by atoms with van der Waals surface area (Å²) in [6.45, 7) is -0.723. The van der Waals surface area contributed by atoms with Crippen molar-refractivity contribution in [3.8, 4) is 11.5 Å². The van der Waals surface area contributed by atoms with E-state index in [4.69, 9.17) is 15.1 Å². The molecule has 1 unspecified atom stereocenters. The highest BCUT2D eigenvalue weighted by Gasteiger charge is 2.55. The van der Waals surface area contributed by atoms with Gasteiger partial charge in [0, 0.05) is 19.6 Å². The van der Waals surface area contributed by atoms with E-state index in [9.17, 15) is 29.5 Å². The first-order valence-corrected chi connectivity index (χ1v) is 10.4. The number of nitrogens with one attached hydrogen (secondary N) is 1. The Labute approximate surface area is 183 Å². The summed E-state index contributed by atoms with van der Waals surface area (Å²) in [4.78, 5) is 36.9. The molecule has 9 N–H and O–H groups in total. The molecule has 0 radical (unpaired) electrons. The molecule has 1 saturated heterocycles. The van der Waals surface area contributed by atoms with E-state index in [-0.39, 0.29) is 42.2 Å². The summed E-state index contributed by atoms with van der Waals surface area (Å²) in [6, 6.07) is 3.27. The Hall–Kier alpha value is -2.71. The number of likely N-dealkylation sites (tertiary alicyclic amines) is 1. The van der Waals surface area contributed by atoms with Gasteiger partial charge in [0.1, 0.15) is 29.5 Å². The van der Waals surface area contributed by atoms with Crippen LogP contribution in [0.15, 0.2) is 12.1 Å². The van der Waals surface area contributed by atoms with Gasteiger partial charge in [-0.05, 0) is 24.5 Å². The predicted molar refractivity (Wildman–Crippen MR) is 110 cm³/mol. The number of nitrogens with zero attached hydrogens (tertiary/aromatic N) is 1. The average molecular weight is 450 g/mol. The van der Waals surface area contributed by atoms with E-state index < -0.39 is 35.9 Å². The molecular formula is C19H27BN4O8. The van der Waals surface area contributed by atoms with Gasteiger partial charge in [0.25, 0.3) is 0 Å². The van der Waals surface area contributed by atoms with E-state index in [2.05, 4.69) is 11.1 Å². The minimum absolute atomic E-state index is 0.0545. The van der Waals surface area contributed by atoms with Gasteiger partial charge in [0.2, 0.25) is 5.91 Å². The number of carboxylic acids is 1. The zero-order chi connectivity index (χ0) is 23.4. The van der Waals surface area contributed by atoms with Crippen molar-refractivity contribution in [1.29, 1.82) is 0 Å². The molecule has 2 heterocycles. The largest absolute Gasteiger partial charge is 0.669 e. The van der Waals surface area contributed by atoms with Crippen LogP contribution in [0.3, 0.4) is 0 Å². The van der Waals surface area contributed by atoms with Gasteiger partial charge in [-0.15, -0.1) is 0 Å². The maximum absolute atomic E-state index is 12.2. The monoisotopic (exact) mass is 450 g/mol. The van der Waals surface area contributed by atoms with Crippen LogP contribution >= 0.6 is 0 Å². The molecule has 2 fully saturated rings. The van der Waals surface area contributed by atoms with Gasteiger partial charge in [-0.2, -0.15) is 0 Å². The van der Waals surface area contributed by atoms with Crippen molar-refractivity contribution in [2.45, 2.75) is 36.7 Å². The molecule has 1 aromatic carbocycles. The zero-order valence-electron chi connectivity index (χ0n) is 17.6. The number of nitrogens with two attached hydrogens (primary N) is 1. The molecular weight excluding hydrogens is 423 g/mol. The number of amides is 2. The van der Waals surface area contributed by atoms with Crippen LogP contribution in [0.25, 0.3) is 0 Å². The number of benzene rings is 1. The quantitative estimate of drug-likeness (QED) is 0.225. The van der Waals surface area contributed by atoms with Gasteiger partial charge in [-0.25, -0.2) is 9.59 Å². The number of hydrogen-bond acceptors (Lipinski definition) is 9. The van der Waals surface area contributed by atoms with Crippen molar-refractivity contribution in [2.75, 3.05) is 26.2 Å². The third kappa shape index (κ3) is 4.17. The molecule has 174 valence electrons. The van der Waals surface area contributed by atoms with Crippen LogP contribution in [0.1, 0.15) is 35.2 Å². The molecule has 3 atom stereocenters. The molecule has 32 heavy (non-hydrogen) atoms. The van der Waals surface area contributed by atoms with Crippen LogP contribution in [-0.2, 0) is 9.59 Å². The molecule has 13 heteroatoms. The topological polar surface area (TPSA) is 199 Å². The summed E-state index contributed by atoms with van der Waals surface area (Å²) >= 11 is 0. The summed E-state index contributed by atoms with van der Waals surface area (Å²) in [5.74, 6) is -2.71. The van der Waals surface area contributed by atoms with Gasteiger partial charge < -0.3 is 35.6 Å². The van der Waals surface area contributed by atoms with Crippen molar-refractivity contribution in [1.82, 2.24) is 10.2 Å². The van der Waals surface area contributed by atoms with Gasteiger partial charge >= 0.3 is 18.6 Å². The van der Waals surface area contributed by atoms with Crippen LogP contribution in [0.4, 0.5) is 0 Å². The Morgan fingerprint density at radius 3 is 2.69 bits per heavy atom. The van der Waals surface area contributed by atoms with Crippen molar-refractivity contribution < 1.29 is 44.7 Å².